The fourth-order valence-corrected chi connectivity index (χ4v) is 4.82. The molecule has 2 aromatic carbocycles. The van der Waals surface area contributed by atoms with E-state index in [-0.39, 0.29) is 18.2 Å². The normalized spacial score (nSPS) is 19.7. The molecule has 34 heavy (non-hydrogen) atoms. The third-order valence-corrected chi connectivity index (χ3v) is 7.08. The van der Waals surface area contributed by atoms with E-state index < -0.39 is 6.04 Å². The van der Waals surface area contributed by atoms with Gasteiger partial charge in [0.1, 0.15) is 6.04 Å². The Bertz CT molecular complexity index is 1040. The van der Waals surface area contributed by atoms with Crippen LogP contribution in [-0.4, -0.2) is 84.0 Å². The number of benzene rings is 2. The maximum atomic E-state index is 13.5. The predicted molar refractivity (Wildman–Crippen MR) is 141 cm³/mol. The van der Waals surface area contributed by atoms with Crippen LogP contribution in [0.15, 0.2) is 48.5 Å². The molecule has 4 rings (SSSR count). The van der Waals surface area contributed by atoms with E-state index in [9.17, 15) is 9.59 Å². The molecule has 2 fully saturated rings. The minimum Gasteiger partial charge on any atom is -0.335 e. The Morgan fingerprint density at radius 1 is 0.971 bits per heavy atom. The van der Waals surface area contributed by atoms with Gasteiger partial charge in [-0.25, -0.2) is 0 Å². The lowest BCUT2D eigenvalue weighted by Gasteiger charge is -2.34. The van der Waals surface area contributed by atoms with Crippen LogP contribution in [0, 0.1) is 0 Å². The number of carbonyl (C=O) groups excluding carboxylic acids is 2. The predicted octanol–water partition coefficient (Wildman–Crippen LogP) is 3.57. The van der Waals surface area contributed by atoms with Gasteiger partial charge < -0.3 is 15.1 Å². The van der Waals surface area contributed by atoms with Crippen LogP contribution in [0.2, 0.25) is 10.0 Å². The first-order valence-electron chi connectivity index (χ1n) is 11.2. The van der Waals surface area contributed by atoms with Crippen molar-refractivity contribution in [2.45, 2.75) is 12.5 Å². The van der Waals surface area contributed by atoms with Crippen LogP contribution in [0.3, 0.4) is 0 Å². The van der Waals surface area contributed by atoms with Gasteiger partial charge in [0.25, 0.3) is 5.91 Å². The Balaban J connectivity index is 1.50. The summed E-state index contributed by atoms with van der Waals surface area (Å²) in [5.74, 6) is -0.469. The first kappa shape index (κ1) is 24.9. The van der Waals surface area contributed by atoms with Gasteiger partial charge in [0, 0.05) is 55.0 Å². The monoisotopic (exact) mass is 519 g/mol. The molecule has 0 unspecified atom stereocenters. The second kappa shape index (κ2) is 11.0. The Morgan fingerprint density at radius 2 is 1.56 bits per heavy atom. The number of piperazine rings is 1. The van der Waals surface area contributed by atoms with Crippen LogP contribution in [0.5, 0.6) is 0 Å². The van der Waals surface area contributed by atoms with Gasteiger partial charge >= 0.3 is 0 Å². The van der Waals surface area contributed by atoms with Crippen LogP contribution in [0.1, 0.15) is 6.42 Å². The maximum Gasteiger partial charge on any atom is 0.256 e. The number of amides is 2. The SMILES string of the molecule is CN1CCN(CCN2C(=S)N(c3ccc(Cl)cc3)C(=O)[C@@H]2CC(=O)Nc2ccc(Cl)cc2)CC1. The molecule has 180 valence electrons. The number of nitrogens with one attached hydrogen (secondary N) is 1. The number of hydrogen-bond acceptors (Lipinski definition) is 5. The molecule has 0 radical (unpaired) electrons. The molecule has 7 nitrogen and oxygen atoms in total. The zero-order valence-corrected chi connectivity index (χ0v) is 21.2. The van der Waals surface area contributed by atoms with Gasteiger partial charge in [0.15, 0.2) is 5.11 Å². The number of hydrogen-bond donors (Lipinski definition) is 1. The van der Waals surface area contributed by atoms with Crippen molar-refractivity contribution in [2.75, 3.05) is 56.5 Å². The average Bonchev–Trinajstić information content (AvgIpc) is 3.04. The van der Waals surface area contributed by atoms with E-state index in [1.165, 1.54) is 4.90 Å². The van der Waals surface area contributed by atoms with Crippen LogP contribution in [0.25, 0.3) is 0 Å². The van der Waals surface area contributed by atoms with Gasteiger partial charge in [-0.1, -0.05) is 23.2 Å². The zero-order chi connectivity index (χ0) is 24.2. The topological polar surface area (TPSA) is 59.1 Å². The molecule has 2 aliphatic heterocycles. The number of carbonyl (C=O) groups is 2. The molecule has 0 saturated carbocycles. The number of halogens is 2. The van der Waals surface area contributed by atoms with Gasteiger partial charge in [-0.3, -0.25) is 19.4 Å². The molecule has 2 saturated heterocycles. The number of thiocarbonyl (C=S) groups is 1. The fraction of sp³-hybridized carbons (Fsp3) is 0.375. The summed E-state index contributed by atoms with van der Waals surface area (Å²) in [7, 11) is 2.12. The molecule has 0 aromatic heterocycles. The van der Waals surface area contributed by atoms with Gasteiger partial charge in [0.2, 0.25) is 5.91 Å². The third-order valence-electron chi connectivity index (χ3n) is 6.16. The Morgan fingerprint density at radius 3 is 2.18 bits per heavy atom. The highest BCUT2D eigenvalue weighted by atomic mass is 35.5. The van der Waals surface area contributed by atoms with Crippen molar-refractivity contribution in [1.82, 2.24) is 14.7 Å². The summed E-state index contributed by atoms with van der Waals surface area (Å²) in [6.07, 6.45) is -0.00553. The molecule has 1 N–H and O–H groups in total. The summed E-state index contributed by atoms with van der Waals surface area (Å²) in [6.45, 7) is 5.28. The standard InChI is InChI=1S/C24H27Cl2N5O2S/c1-28-10-12-29(13-11-28)14-15-30-21(16-22(32)27-19-6-2-17(25)3-7-19)23(33)31(24(30)34)20-8-4-18(26)5-9-20/h2-9,21H,10-16H2,1H3,(H,27,32)/t21-/m0/s1. The number of anilines is 2. The number of rotatable bonds is 7. The molecule has 2 amide bonds. The average molecular weight is 520 g/mol. The lowest BCUT2D eigenvalue weighted by molar-refractivity contribution is -0.124. The first-order chi connectivity index (χ1) is 16.3. The summed E-state index contributed by atoms with van der Waals surface area (Å²) in [5.41, 5.74) is 1.27. The molecule has 0 aliphatic carbocycles. The van der Waals surface area contributed by atoms with Crippen LogP contribution < -0.4 is 10.2 Å². The smallest absolute Gasteiger partial charge is 0.256 e. The van der Waals surface area contributed by atoms with Crippen molar-refractivity contribution in [3.8, 4) is 0 Å². The second-order valence-electron chi connectivity index (χ2n) is 8.55. The lowest BCUT2D eigenvalue weighted by atomic mass is 10.1. The largest absolute Gasteiger partial charge is 0.335 e. The van der Waals surface area contributed by atoms with Crippen molar-refractivity contribution < 1.29 is 9.59 Å². The van der Waals surface area contributed by atoms with Crippen LogP contribution in [0.4, 0.5) is 11.4 Å². The quantitative estimate of drug-likeness (QED) is 0.564. The fourth-order valence-electron chi connectivity index (χ4n) is 4.16. The first-order valence-corrected chi connectivity index (χ1v) is 12.3. The van der Waals surface area contributed by atoms with E-state index in [1.807, 2.05) is 4.90 Å². The van der Waals surface area contributed by atoms with Gasteiger partial charge in [-0.15, -0.1) is 0 Å². The minimum atomic E-state index is -0.678. The summed E-state index contributed by atoms with van der Waals surface area (Å²) in [4.78, 5) is 34.4. The second-order valence-corrected chi connectivity index (χ2v) is 9.78. The highest BCUT2D eigenvalue weighted by molar-refractivity contribution is 7.80. The molecule has 1 atom stereocenters. The molecule has 10 heteroatoms. The Kier molecular flexibility index (Phi) is 8.06. The summed E-state index contributed by atoms with van der Waals surface area (Å²) < 4.78 is 0. The van der Waals surface area contributed by atoms with Crippen molar-refractivity contribution in [3.63, 3.8) is 0 Å². The number of nitrogens with zero attached hydrogens (tertiary/aromatic N) is 4. The Hall–Kier alpha value is -2.23. The zero-order valence-electron chi connectivity index (χ0n) is 18.9. The van der Waals surface area contributed by atoms with Crippen molar-refractivity contribution >= 4 is 63.7 Å². The molecule has 0 bridgehead atoms. The Labute approximate surface area is 215 Å². The molecule has 2 heterocycles. The lowest BCUT2D eigenvalue weighted by Crippen LogP contribution is -2.48. The van der Waals surface area contributed by atoms with E-state index in [0.29, 0.717) is 33.1 Å². The van der Waals surface area contributed by atoms with Gasteiger partial charge in [-0.05, 0) is 67.8 Å². The summed E-state index contributed by atoms with van der Waals surface area (Å²) in [5, 5.41) is 4.42. The molecular formula is C24H27Cl2N5O2S. The van der Waals surface area contributed by atoms with E-state index in [2.05, 4.69) is 22.2 Å². The van der Waals surface area contributed by atoms with E-state index in [0.717, 1.165) is 32.7 Å². The highest BCUT2D eigenvalue weighted by Crippen LogP contribution is 2.28. The number of likely N-dealkylation sites (N-methyl/N-ethyl adjacent to an activating group) is 1. The molecule has 0 spiro atoms. The van der Waals surface area contributed by atoms with Gasteiger partial charge in [-0.2, -0.15) is 0 Å². The molecule has 2 aliphatic rings. The summed E-state index contributed by atoms with van der Waals surface area (Å²) in [6, 6.07) is 13.2. The van der Waals surface area contributed by atoms with Crippen molar-refractivity contribution in [3.05, 3.63) is 58.6 Å². The highest BCUT2D eigenvalue weighted by Gasteiger charge is 2.44. The summed E-state index contributed by atoms with van der Waals surface area (Å²) >= 11 is 17.7. The van der Waals surface area contributed by atoms with Crippen LogP contribution >= 0.6 is 35.4 Å². The maximum absolute atomic E-state index is 13.5. The van der Waals surface area contributed by atoms with E-state index in [4.69, 9.17) is 35.4 Å². The van der Waals surface area contributed by atoms with Crippen molar-refractivity contribution in [2.24, 2.45) is 0 Å². The van der Waals surface area contributed by atoms with Crippen LogP contribution in [-0.2, 0) is 9.59 Å². The third kappa shape index (κ3) is 5.87. The van der Waals surface area contributed by atoms with Gasteiger partial charge in [0.05, 0.1) is 12.1 Å². The van der Waals surface area contributed by atoms with E-state index >= 15 is 0 Å². The molecule has 2 aromatic rings. The van der Waals surface area contributed by atoms with Crippen molar-refractivity contribution in [1.29, 1.82) is 0 Å². The minimum absolute atomic E-state index is 0.00553. The molecular weight excluding hydrogens is 493 g/mol. The van der Waals surface area contributed by atoms with E-state index in [1.54, 1.807) is 48.5 Å².